The molecule has 5 nitrogen and oxygen atoms in total. The van der Waals surface area contributed by atoms with Crippen LogP contribution in [-0.4, -0.2) is 20.2 Å². The summed E-state index contributed by atoms with van der Waals surface area (Å²) in [6.07, 6.45) is 0. The van der Waals surface area contributed by atoms with Crippen LogP contribution in [0.5, 0.6) is 0 Å². The largest absolute Gasteiger partial charge is 0.398 e. The number of rotatable bonds is 2. The van der Waals surface area contributed by atoms with Crippen LogP contribution >= 0.6 is 0 Å². The zero-order valence-corrected chi connectivity index (χ0v) is 12.3. The first kappa shape index (κ1) is 13.3. The summed E-state index contributed by atoms with van der Waals surface area (Å²) in [5.74, 6) is 0.664. The Morgan fingerprint density at radius 1 is 1.00 bits per heavy atom. The first-order valence-electron chi connectivity index (χ1n) is 6.79. The van der Waals surface area contributed by atoms with Crippen molar-refractivity contribution in [3.05, 3.63) is 53.1 Å². The fraction of sp³-hybridized carbons (Fsp3) is 0.188. The maximum Gasteiger partial charge on any atom is 0.189 e. The molecule has 0 aliphatic rings. The average molecular weight is 279 g/mol. The van der Waals surface area contributed by atoms with Gasteiger partial charge in [-0.15, -0.1) is 5.10 Å². The third kappa shape index (κ3) is 2.27. The van der Waals surface area contributed by atoms with E-state index in [0.717, 1.165) is 22.4 Å². The van der Waals surface area contributed by atoms with Crippen LogP contribution in [0.15, 0.2) is 36.4 Å². The molecule has 0 spiro atoms. The molecule has 3 aromatic rings. The molecule has 0 unspecified atom stereocenters. The molecule has 106 valence electrons. The van der Waals surface area contributed by atoms with Crippen LogP contribution in [0.2, 0.25) is 0 Å². The van der Waals surface area contributed by atoms with Crippen LogP contribution in [0.3, 0.4) is 0 Å². The number of hydrogen-bond donors (Lipinski definition) is 1. The molecule has 0 saturated heterocycles. The molecule has 0 aliphatic carbocycles. The second kappa shape index (κ2) is 5.01. The highest BCUT2D eigenvalue weighted by molar-refractivity contribution is 5.75. The van der Waals surface area contributed by atoms with Gasteiger partial charge in [-0.05, 0) is 54.5 Å². The van der Waals surface area contributed by atoms with Crippen molar-refractivity contribution in [1.82, 2.24) is 20.2 Å². The van der Waals surface area contributed by atoms with Gasteiger partial charge >= 0.3 is 0 Å². The number of aromatic nitrogens is 4. The number of nitrogens with two attached hydrogens (primary N) is 1. The zero-order chi connectivity index (χ0) is 15.0. The number of benzene rings is 2. The number of tetrazole rings is 1. The summed E-state index contributed by atoms with van der Waals surface area (Å²) >= 11 is 0. The van der Waals surface area contributed by atoms with E-state index >= 15 is 0 Å². The van der Waals surface area contributed by atoms with Gasteiger partial charge in [-0.2, -0.15) is 4.68 Å². The van der Waals surface area contributed by atoms with Crippen molar-refractivity contribution in [2.45, 2.75) is 20.8 Å². The molecule has 0 saturated carbocycles. The standard InChI is InChI=1S/C16H17N5/c1-10-7-8-14(12(3)9-10)21-16(18-19-20-21)15-11(2)5-4-6-13(15)17/h4-9H,17H2,1-3H3. The molecule has 0 fully saturated rings. The van der Waals surface area contributed by atoms with Gasteiger partial charge in [0.15, 0.2) is 5.82 Å². The summed E-state index contributed by atoms with van der Waals surface area (Å²) in [5, 5.41) is 12.1. The third-order valence-corrected chi connectivity index (χ3v) is 3.58. The van der Waals surface area contributed by atoms with Crippen LogP contribution in [0, 0.1) is 20.8 Å². The molecular weight excluding hydrogens is 262 g/mol. The molecule has 2 aromatic carbocycles. The minimum absolute atomic E-state index is 0.664. The summed E-state index contributed by atoms with van der Waals surface area (Å²) in [6, 6.07) is 12.0. The molecular formula is C16H17N5. The number of aryl methyl sites for hydroxylation is 3. The number of anilines is 1. The molecule has 1 heterocycles. The normalized spacial score (nSPS) is 10.8. The molecule has 0 radical (unpaired) electrons. The monoisotopic (exact) mass is 279 g/mol. The average Bonchev–Trinajstić information content (AvgIpc) is 2.87. The van der Waals surface area contributed by atoms with Crippen molar-refractivity contribution in [2.24, 2.45) is 0 Å². The first-order valence-corrected chi connectivity index (χ1v) is 6.79. The van der Waals surface area contributed by atoms with E-state index in [1.54, 1.807) is 4.68 Å². The first-order chi connectivity index (χ1) is 10.1. The molecule has 0 amide bonds. The van der Waals surface area contributed by atoms with Crippen molar-refractivity contribution < 1.29 is 0 Å². The maximum atomic E-state index is 6.11. The number of nitrogen functional groups attached to an aromatic ring is 1. The molecule has 3 rings (SSSR count). The summed E-state index contributed by atoms with van der Waals surface area (Å²) < 4.78 is 1.74. The molecule has 21 heavy (non-hydrogen) atoms. The summed E-state index contributed by atoms with van der Waals surface area (Å²) in [6.45, 7) is 6.12. The Kier molecular flexibility index (Phi) is 3.17. The van der Waals surface area contributed by atoms with Gasteiger partial charge in [-0.3, -0.25) is 0 Å². The fourth-order valence-corrected chi connectivity index (χ4v) is 2.54. The van der Waals surface area contributed by atoms with E-state index < -0.39 is 0 Å². The van der Waals surface area contributed by atoms with Gasteiger partial charge in [0.25, 0.3) is 0 Å². The van der Waals surface area contributed by atoms with Crippen molar-refractivity contribution in [2.75, 3.05) is 5.73 Å². The Morgan fingerprint density at radius 3 is 2.52 bits per heavy atom. The quantitative estimate of drug-likeness (QED) is 0.732. The van der Waals surface area contributed by atoms with E-state index in [2.05, 4.69) is 41.5 Å². The van der Waals surface area contributed by atoms with Crippen LogP contribution < -0.4 is 5.73 Å². The Morgan fingerprint density at radius 2 is 1.81 bits per heavy atom. The number of nitrogens with zero attached hydrogens (tertiary/aromatic N) is 4. The maximum absolute atomic E-state index is 6.11. The van der Waals surface area contributed by atoms with Crippen LogP contribution in [0.25, 0.3) is 17.1 Å². The van der Waals surface area contributed by atoms with Crippen molar-refractivity contribution in [3.8, 4) is 17.1 Å². The van der Waals surface area contributed by atoms with Gasteiger partial charge in [-0.1, -0.05) is 29.8 Å². The van der Waals surface area contributed by atoms with E-state index in [0.29, 0.717) is 11.5 Å². The predicted octanol–water partition coefficient (Wildman–Crippen LogP) is 2.84. The van der Waals surface area contributed by atoms with Gasteiger partial charge in [0, 0.05) is 11.3 Å². The van der Waals surface area contributed by atoms with Gasteiger partial charge in [0.1, 0.15) is 0 Å². The lowest BCUT2D eigenvalue weighted by molar-refractivity contribution is 0.787. The smallest absolute Gasteiger partial charge is 0.189 e. The van der Waals surface area contributed by atoms with E-state index in [1.165, 1.54) is 5.56 Å². The molecule has 0 aliphatic heterocycles. The fourth-order valence-electron chi connectivity index (χ4n) is 2.54. The highest BCUT2D eigenvalue weighted by atomic mass is 15.5. The molecule has 5 heteroatoms. The zero-order valence-electron chi connectivity index (χ0n) is 12.3. The Hall–Kier alpha value is -2.69. The van der Waals surface area contributed by atoms with Crippen LogP contribution in [-0.2, 0) is 0 Å². The van der Waals surface area contributed by atoms with Crippen molar-refractivity contribution in [3.63, 3.8) is 0 Å². The predicted molar refractivity (Wildman–Crippen MR) is 83.2 cm³/mol. The van der Waals surface area contributed by atoms with E-state index in [1.807, 2.05) is 31.2 Å². The highest BCUT2D eigenvalue weighted by Gasteiger charge is 2.16. The lowest BCUT2D eigenvalue weighted by Crippen LogP contribution is -2.04. The molecule has 0 bridgehead atoms. The summed E-state index contributed by atoms with van der Waals surface area (Å²) in [4.78, 5) is 0. The Labute approximate surface area is 123 Å². The summed E-state index contributed by atoms with van der Waals surface area (Å²) in [5.41, 5.74) is 12.0. The molecule has 0 atom stereocenters. The number of hydrogen-bond acceptors (Lipinski definition) is 4. The lowest BCUT2D eigenvalue weighted by atomic mass is 10.1. The second-order valence-corrected chi connectivity index (χ2v) is 5.24. The van der Waals surface area contributed by atoms with E-state index in [-0.39, 0.29) is 0 Å². The van der Waals surface area contributed by atoms with Crippen molar-refractivity contribution in [1.29, 1.82) is 0 Å². The Bertz CT molecular complexity index is 784. The van der Waals surface area contributed by atoms with Crippen molar-refractivity contribution >= 4 is 5.69 Å². The van der Waals surface area contributed by atoms with Gasteiger partial charge in [0.05, 0.1) is 5.69 Å². The topological polar surface area (TPSA) is 69.6 Å². The van der Waals surface area contributed by atoms with E-state index in [9.17, 15) is 0 Å². The SMILES string of the molecule is Cc1ccc(-n2nnnc2-c2c(C)cccc2N)c(C)c1. The van der Waals surface area contributed by atoms with E-state index in [4.69, 9.17) is 5.73 Å². The van der Waals surface area contributed by atoms with Gasteiger partial charge in [-0.25, -0.2) is 0 Å². The minimum atomic E-state index is 0.664. The van der Waals surface area contributed by atoms with Gasteiger partial charge < -0.3 is 5.73 Å². The summed E-state index contributed by atoms with van der Waals surface area (Å²) in [7, 11) is 0. The Balaban J connectivity index is 2.22. The van der Waals surface area contributed by atoms with Crippen LogP contribution in [0.4, 0.5) is 5.69 Å². The molecule has 2 N–H and O–H groups in total. The van der Waals surface area contributed by atoms with Gasteiger partial charge in [0.2, 0.25) is 0 Å². The van der Waals surface area contributed by atoms with Crippen LogP contribution in [0.1, 0.15) is 16.7 Å². The highest BCUT2D eigenvalue weighted by Crippen LogP contribution is 2.29. The second-order valence-electron chi connectivity index (χ2n) is 5.24. The third-order valence-electron chi connectivity index (χ3n) is 3.58. The molecule has 1 aromatic heterocycles. The lowest BCUT2D eigenvalue weighted by Gasteiger charge is -2.11. The minimum Gasteiger partial charge on any atom is -0.398 e.